The van der Waals surface area contributed by atoms with Crippen LogP contribution in [0.25, 0.3) is 0 Å². The second-order valence-electron chi connectivity index (χ2n) is 5.99. The predicted octanol–water partition coefficient (Wildman–Crippen LogP) is 3.02. The lowest BCUT2D eigenvalue weighted by Crippen LogP contribution is -2.25. The van der Waals surface area contributed by atoms with E-state index in [9.17, 15) is 9.90 Å². The number of Topliss-reactive ketones (excluding diaryl/α,β-unsaturated/α-hetero) is 1. The van der Waals surface area contributed by atoms with Gasteiger partial charge >= 0.3 is 0 Å². The van der Waals surface area contributed by atoms with Gasteiger partial charge in [-0.15, -0.1) is 0 Å². The fourth-order valence-corrected chi connectivity index (χ4v) is 3.24. The number of aliphatic hydroxyl groups is 1. The van der Waals surface area contributed by atoms with Crippen molar-refractivity contribution in [1.82, 2.24) is 0 Å². The smallest absolute Gasteiger partial charge is 0.162 e. The highest BCUT2D eigenvalue weighted by Gasteiger charge is 2.43. The highest BCUT2D eigenvalue weighted by atomic mass is 16.3. The Morgan fingerprint density at radius 2 is 2.12 bits per heavy atom. The van der Waals surface area contributed by atoms with Gasteiger partial charge in [0.05, 0.1) is 5.60 Å². The van der Waals surface area contributed by atoms with E-state index < -0.39 is 5.60 Å². The number of hydrogen-bond acceptors (Lipinski definition) is 2. The lowest BCUT2D eigenvalue weighted by Gasteiger charge is -2.24. The summed E-state index contributed by atoms with van der Waals surface area (Å²) in [5.41, 5.74) is 2.15. The Balaban J connectivity index is 2.41. The molecule has 2 aliphatic rings. The molecule has 0 aromatic heterocycles. The fourth-order valence-electron chi connectivity index (χ4n) is 3.24. The number of ketones is 1. The molecule has 0 saturated carbocycles. The molecule has 94 valence electrons. The van der Waals surface area contributed by atoms with Crippen molar-refractivity contribution in [3.63, 3.8) is 0 Å². The molecule has 0 spiro atoms. The van der Waals surface area contributed by atoms with Gasteiger partial charge in [-0.05, 0) is 50.5 Å². The van der Waals surface area contributed by atoms with Crippen LogP contribution in [-0.2, 0) is 4.79 Å². The Kier molecular flexibility index (Phi) is 3.03. The molecule has 2 nitrogen and oxygen atoms in total. The molecule has 0 amide bonds. The number of carbonyl (C=O) groups is 1. The van der Waals surface area contributed by atoms with Crippen molar-refractivity contribution in [3.05, 3.63) is 23.3 Å². The summed E-state index contributed by atoms with van der Waals surface area (Å²) in [6.45, 7) is 9.97. The van der Waals surface area contributed by atoms with Gasteiger partial charge in [0.1, 0.15) is 0 Å². The van der Waals surface area contributed by atoms with E-state index in [4.69, 9.17) is 0 Å². The van der Waals surface area contributed by atoms with Crippen LogP contribution in [0, 0.1) is 11.8 Å². The van der Waals surface area contributed by atoms with Crippen LogP contribution in [0.3, 0.4) is 0 Å². The molecule has 0 aliphatic heterocycles. The summed E-state index contributed by atoms with van der Waals surface area (Å²) < 4.78 is 0. The van der Waals surface area contributed by atoms with E-state index in [1.165, 1.54) is 5.57 Å². The van der Waals surface area contributed by atoms with Crippen molar-refractivity contribution in [2.75, 3.05) is 0 Å². The molecule has 3 atom stereocenters. The summed E-state index contributed by atoms with van der Waals surface area (Å²) in [5, 5.41) is 10.4. The molecular weight excluding hydrogens is 212 g/mol. The molecular formula is C15H22O2. The van der Waals surface area contributed by atoms with Crippen molar-refractivity contribution < 1.29 is 9.90 Å². The highest BCUT2D eigenvalue weighted by Crippen LogP contribution is 2.45. The molecule has 0 aromatic rings. The first-order chi connectivity index (χ1) is 7.83. The van der Waals surface area contributed by atoms with Crippen LogP contribution in [0.15, 0.2) is 23.3 Å². The van der Waals surface area contributed by atoms with Crippen LogP contribution >= 0.6 is 0 Å². The molecule has 0 heterocycles. The molecule has 0 saturated heterocycles. The predicted molar refractivity (Wildman–Crippen MR) is 68.6 cm³/mol. The van der Waals surface area contributed by atoms with Gasteiger partial charge in [-0.25, -0.2) is 0 Å². The maximum absolute atomic E-state index is 12.0. The SMILES string of the molecule is C=C(C)C1CCC(C)C2=C(C1)C(C)(O)CC2=O. The summed E-state index contributed by atoms with van der Waals surface area (Å²) >= 11 is 0. The minimum atomic E-state index is -0.918. The molecule has 2 heteroatoms. The third-order valence-corrected chi connectivity index (χ3v) is 4.37. The van der Waals surface area contributed by atoms with Gasteiger partial charge < -0.3 is 5.11 Å². The van der Waals surface area contributed by atoms with Crippen LogP contribution in [0.1, 0.15) is 46.5 Å². The molecule has 0 radical (unpaired) electrons. The van der Waals surface area contributed by atoms with Crippen LogP contribution in [0.2, 0.25) is 0 Å². The van der Waals surface area contributed by atoms with Crippen LogP contribution in [0.4, 0.5) is 0 Å². The van der Waals surface area contributed by atoms with Crippen molar-refractivity contribution in [1.29, 1.82) is 0 Å². The van der Waals surface area contributed by atoms with Crippen LogP contribution in [-0.4, -0.2) is 16.5 Å². The average molecular weight is 234 g/mol. The van der Waals surface area contributed by atoms with Gasteiger partial charge in [-0.1, -0.05) is 19.1 Å². The summed E-state index contributed by atoms with van der Waals surface area (Å²) in [7, 11) is 0. The summed E-state index contributed by atoms with van der Waals surface area (Å²) in [5.74, 6) is 0.859. The Hall–Kier alpha value is -0.890. The van der Waals surface area contributed by atoms with Crippen molar-refractivity contribution in [3.8, 4) is 0 Å². The van der Waals surface area contributed by atoms with Gasteiger partial charge in [0.15, 0.2) is 5.78 Å². The van der Waals surface area contributed by atoms with E-state index in [1.54, 1.807) is 6.92 Å². The molecule has 1 N–H and O–H groups in total. The number of hydrogen-bond donors (Lipinski definition) is 1. The van der Waals surface area contributed by atoms with E-state index in [2.05, 4.69) is 13.5 Å². The minimum Gasteiger partial charge on any atom is -0.385 e. The molecule has 0 bridgehead atoms. The largest absolute Gasteiger partial charge is 0.385 e. The van der Waals surface area contributed by atoms with Gasteiger partial charge in [0.25, 0.3) is 0 Å². The normalized spacial score (nSPS) is 38.0. The Morgan fingerprint density at radius 1 is 1.47 bits per heavy atom. The van der Waals surface area contributed by atoms with Crippen molar-refractivity contribution in [2.45, 2.75) is 52.1 Å². The second-order valence-corrected chi connectivity index (χ2v) is 5.99. The van der Waals surface area contributed by atoms with Gasteiger partial charge in [0.2, 0.25) is 0 Å². The van der Waals surface area contributed by atoms with Crippen molar-refractivity contribution >= 4 is 5.78 Å². The van der Waals surface area contributed by atoms with Crippen LogP contribution in [0.5, 0.6) is 0 Å². The third kappa shape index (κ3) is 2.11. The summed E-state index contributed by atoms with van der Waals surface area (Å²) in [6, 6.07) is 0. The van der Waals surface area contributed by atoms with Crippen LogP contribution < -0.4 is 0 Å². The lowest BCUT2D eigenvalue weighted by molar-refractivity contribution is -0.117. The number of rotatable bonds is 1. The highest BCUT2D eigenvalue weighted by molar-refractivity contribution is 6.01. The maximum atomic E-state index is 12.0. The molecule has 2 rings (SSSR count). The zero-order valence-electron chi connectivity index (χ0n) is 11.0. The van der Waals surface area contributed by atoms with Gasteiger partial charge in [-0.3, -0.25) is 4.79 Å². The van der Waals surface area contributed by atoms with Gasteiger partial charge in [-0.2, -0.15) is 0 Å². The van der Waals surface area contributed by atoms with E-state index in [1.807, 2.05) is 6.92 Å². The number of allylic oxidation sites excluding steroid dienone is 2. The first kappa shape index (κ1) is 12.6. The molecule has 3 unspecified atom stereocenters. The third-order valence-electron chi connectivity index (χ3n) is 4.37. The molecule has 17 heavy (non-hydrogen) atoms. The first-order valence-corrected chi connectivity index (χ1v) is 6.47. The monoisotopic (exact) mass is 234 g/mol. The van der Waals surface area contributed by atoms with E-state index in [-0.39, 0.29) is 18.1 Å². The zero-order valence-corrected chi connectivity index (χ0v) is 11.0. The Morgan fingerprint density at radius 3 is 2.71 bits per heavy atom. The van der Waals surface area contributed by atoms with E-state index in [0.29, 0.717) is 5.92 Å². The van der Waals surface area contributed by atoms with Gasteiger partial charge in [0, 0.05) is 12.0 Å². The maximum Gasteiger partial charge on any atom is 0.162 e. The molecule has 0 aromatic carbocycles. The standard InChI is InChI=1S/C15H22O2/c1-9(2)11-6-5-10(3)14-12(7-11)15(4,17)8-13(14)16/h10-11,17H,1,5-8H2,2-4H3. The lowest BCUT2D eigenvalue weighted by atomic mass is 9.85. The topological polar surface area (TPSA) is 37.3 Å². The van der Waals surface area contributed by atoms with E-state index in [0.717, 1.165) is 30.4 Å². The molecule has 2 aliphatic carbocycles. The number of carbonyl (C=O) groups excluding carboxylic acids is 1. The van der Waals surface area contributed by atoms with Crippen molar-refractivity contribution in [2.24, 2.45) is 11.8 Å². The second kappa shape index (κ2) is 4.09. The first-order valence-electron chi connectivity index (χ1n) is 6.47. The summed E-state index contributed by atoms with van der Waals surface area (Å²) in [6.07, 6.45) is 3.18. The quantitative estimate of drug-likeness (QED) is 0.708. The Labute approximate surface area is 103 Å². The average Bonchev–Trinajstić information content (AvgIpc) is 2.34. The summed E-state index contributed by atoms with van der Waals surface area (Å²) in [4.78, 5) is 12.0. The fraction of sp³-hybridized carbons (Fsp3) is 0.667. The zero-order chi connectivity index (χ0) is 12.8. The minimum absolute atomic E-state index is 0.153. The molecule has 0 fully saturated rings. The van der Waals surface area contributed by atoms with E-state index >= 15 is 0 Å². The Bertz CT molecular complexity index is 401.